The summed E-state index contributed by atoms with van der Waals surface area (Å²) in [5.41, 5.74) is -0.584. The van der Waals surface area contributed by atoms with Crippen molar-refractivity contribution in [3.8, 4) is 0 Å². The number of hydrogen-bond donors (Lipinski definition) is 1. The second kappa shape index (κ2) is 8.36. The van der Waals surface area contributed by atoms with Crippen molar-refractivity contribution in [3.63, 3.8) is 0 Å². The number of hydrogen-bond acceptors (Lipinski definition) is 4. The normalized spacial score (nSPS) is 21.5. The maximum atomic E-state index is 12.2. The van der Waals surface area contributed by atoms with Crippen LogP contribution in [-0.4, -0.2) is 55.3 Å². The smallest absolute Gasteiger partial charge is 0.410 e. The number of carbonyl (C=O) groups is 2. The van der Waals surface area contributed by atoms with E-state index in [1.807, 2.05) is 0 Å². The standard InChI is InChI=1S/C16H30N2O4/c1-12-7-6-8-13(12)17-14(19)11-18(9-10-21-5)15(20)22-16(2,3)4/h12-13H,6-11H2,1-5H3,(H,17,19). The molecule has 128 valence electrons. The molecule has 0 saturated heterocycles. The van der Waals surface area contributed by atoms with Gasteiger partial charge in [-0.3, -0.25) is 9.69 Å². The van der Waals surface area contributed by atoms with Gasteiger partial charge in [0.25, 0.3) is 0 Å². The Labute approximate surface area is 133 Å². The number of methoxy groups -OCH3 is 1. The summed E-state index contributed by atoms with van der Waals surface area (Å²) >= 11 is 0. The first kappa shape index (κ1) is 18.7. The molecule has 1 aliphatic carbocycles. The van der Waals surface area contributed by atoms with E-state index < -0.39 is 11.7 Å². The van der Waals surface area contributed by atoms with Crippen LogP contribution in [0.3, 0.4) is 0 Å². The highest BCUT2D eigenvalue weighted by Gasteiger charge is 2.27. The lowest BCUT2D eigenvalue weighted by atomic mass is 10.1. The predicted octanol–water partition coefficient (Wildman–Crippen LogP) is 2.17. The molecule has 2 amide bonds. The van der Waals surface area contributed by atoms with Crippen LogP contribution >= 0.6 is 0 Å². The lowest BCUT2D eigenvalue weighted by molar-refractivity contribution is -0.123. The molecule has 6 heteroatoms. The van der Waals surface area contributed by atoms with Gasteiger partial charge in [0.2, 0.25) is 5.91 Å². The molecule has 0 aromatic carbocycles. The fraction of sp³-hybridized carbons (Fsp3) is 0.875. The summed E-state index contributed by atoms with van der Waals surface area (Å²) in [6, 6.07) is 0.218. The molecule has 1 N–H and O–H groups in total. The second-order valence-corrected chi connectivity index (χ2v) is 6.98. The summed E-state index contributed by atoms with van der Waals surface area (Å²) in [7, 11) is 1.56. The van der Waals surface area contributed by atoms with Gasteiger partial charge in [0.15, 0.2) is 0 Å². The number of amides is 2. The summed E-state index contributed by atoms with van der Waals surface area (Å²) in [4.78, 5) is 25.7. The quantitative estimate of drug-likeness (QED) is 0.816. The van der Waals surface area contributed by atoms with Crippen molar-refractivity contribution in [1.29, 1.82) is 0 Å². The van der Waals surface area contributed by atoms with Gasteiger partial charge in [-0.15, -0.1) is 0 Å². The maximum Gasteiger partial charge on any atom is 0.410 e. The molecule has 0 aliphatic heterocycles. The van der Waals surface area contributed by atoms with Gasteiger partial charge in [-0.1, -0.05) is 13.3 Å². The first-order chi connectivity index (χ1) is 10.2. The third kappa shape index (κ3) is 6.64. The average Bonchev–Trinajstić information content (AvgIpc) is 2.78. The molecule has 0 bridgehead atoms. The van der Waals surface area contributed by atoms with Crippen molar-refractivity contribution in [2.75, 3.05) is 26.8 Å². The van der Waals surface area contributed by atoms with Crippen LogP contribution in [0.1, 0.15) is 47.0 Å². The Morgan fingerprint density at radius 3 is 2.45 bits per heavy atom. The summed E-state index contributed by atoms with van der Waals surface area (Å²) in [5.74, 6) is 0.360. The van der Waals surface area contributed by atoms with Crippen molar-refractivity contribution in [2.45, 2.75) is 58.6 Å². The SMILES string of the molecule is COCCN(CC(=O)NC1CCCC1C)C(=O)OC(C)(C)C. The molecule has 2 unspecified atom stereocenters. The zero-order chi connectivity index (χ0) is 16.8. The first-order valence-corrected chi connectivity index (χ1v) is 7.99. The van der Waals surface area contributed by atoms with E-state index in [2.05, 4.69) is 12.2 Å². The zero-order valence-electron chi connectivity index (χ0n) is 14.5. The summed E-state index contributed by atoms with van der Waals surface area (Å²) in [5, 5.41) is 3.02. The molecule has 0 heterocycles. The monoisotopic (exact) mass is 314 g/mol. The molecular formula is C16H30N2O4. The molecular weight excluding hydrogens is 284 g/mol. The third-order valence-corrected chi connectivity index (χ3v) is 3.76. The molecule has 1 fully saturated rings. The molecule has 6 nitrogen and oxygen atoms in total. The van der Waals surface area contributed by atoms with Gasteiger partial charge >= 0.3 is 6.09 Å². The van der Waals surface area contributed by atoms with Crippen LogP contribution in [0.25, 0.3) is 0 Å². The van der Waals surface area contributed by atoms with Crippen molar-refractivity contribution in [2.24, 2.45) is 5.92 Å². The average molecular weight is 314 g/mol. The van der Waals surface area contributed by atoms with Gasteiger partial charge in [-0.25, -0.2) is 4.79 Å². The van der Waals surface area contributed by atoms with E-state index in [-0.39, 0.29) is 18.5 Å². The van der Waals surface area contributed by atoms with Crippen LogP contribution in [0, 0.1) is 5.92 Å². The Hall–Kier alpha value is -1.30. The first-order valence-electron chi connectivity index (χ1n) is 7.99. The van der Waals surface area contributed by atoms with Crippen molar-refractivity contribution < 1.29 is 19.1 Å². The van der Waals surface area contributed by atoms with Crippen molar-refractivity contribution in [1.82, 2.24) is 10.2 Å². The highest BCUT2D eigenvalue weighted by Crippen LogP contribution is 2.24. The van der Waals surface area contributed by atoms with Crippen LogP contribution in [0.2, 0.25) is 0 Å². The van der Waals surface area contributed by atoms with Gasteiger partial charge in [-0.05, 0) is 39.5 Å². The zero-order valence-corrected chi connectivity index (χ0v) is 14.5. The summed E-state index contributed by atoms with van der Waals surface area (Å²) < 4.78 is 10.3. The van der Waals surface area contributed by atoms with Gasteiger partial charge in [0.1, 0.15) is 12.1 Å². The molecule has 0 radical (unpaired) electrons. The lowest BCUT2D eigenvalue weighted by Crippen LogP contribution is -2.47. The van der Waals surface area contributed by atoms with Crippen molar-refractivity contribution >= 4 is 12.0 Å². The fourth-order valence-electron chi connectivity index (χ4n) is 2.55. The number of carbonyl (C=O) groups excluding carboxylic acids is 2. The van der Waals surface area contributed by atoms with Crippen LogP contribution in [-0.2, 0) is 14.3 Å². The summed E-state index contributed by atoms with van der Waals surface area (Å²) in [6.07, 6.45) is 2.81. The Kier molecular flexibility index (Phi) is 7.13. The number of nitrogens with zero attached hydrogens (tertiary/aromatic N) is 1. The van der Waals surface area contributed by atoms with Crippen LogP contribution in [0.15, 0.2) is 0 Å². The van der Waals surface area contributed by atoms with E-state index in [9.17, 15) is 9.59 Å². The molecule has 22 heavy (non-hydrogen) atoms. The van der Waals surface area contributed by atoms with E-state index in [1.54, 1.807) is 27.9 Å². The molecule has 1 saturated carbocycles. The van der Waals surface area contributed by atoms with Crippen LogP contribution in [0.4, 0.5) is 4.79 Å². The van der Waals surface area contributed by atoms with Gasteiger partial charge < -0.3 is 14.8 Å². The molecule has 0 aromatic heterocycles. The van der Waals surface area contributed by atoms with Crippen molar-refractivity contribution in [3.05, 3.63) is 0 Å². The molecule has 1 rings (SSSR count). The van der Waals surface area contributed by atoms with E-state index in [0.29, 0.717) is 19.1 Å². The van der Waals surface area contributed by atoms with E-state index in [0.717, 1.165) is 19.3 Å². The van der Waals surface area contributed by atoms with Gasteiger partial charge in [0.05, 0.1) is 6.61 Å². The Balaban J connectivity index is 2.55. The Morgan fingerprint density at radius 1 is 1.27 bits per heavy atom. The minimum absolute atomic E-state index is 0.00148. The maximum absolute atomic E-state index is 12.2. The minimum atomic E-state index is -0.584. The number of rotatable bonds is 6. The molecule has 0 spiro atoms. The Morgan fingerprint density at radius 2 is 1.95 bits per heavy atom. The van der Waals surface area contributed by atoms with Gasteiger partial charge in [-0.2, -0.15) is 0 Å². The highest BCUT2D eigenvalue weighted by molar-refractivity contribution is 5.82. The molecule has 1 aliphatic rings. The fourth-order valence-corrected chi connectivity index (χ4v) is 2.55. The molecule has 2 atom stereocenters. The lowest BCUT2D eigenvalue weighted by Gasteiger charge is -2.27. The van der Waals surface area contributed by atoms with E-state index >= 15 is 0 Å². The largest absolute Gasteiger partial charge is 0.444 e. The van der Waals surface area contributed by atoms with E-state index in [1.165, 1.54) is 4.90 Å². The molecule has 0 aromatic rings. The Bertz CT molecular complexity index is 379. The summed E-state index contributed by atoms with van der Waals surface area (Å²) in [6.45, 7) is 8.26. The van der Waals surface area contributed by atoms with E-state index in [4.69, 9.17) is 9.47 Å². The number of nitrogens with one attached hydrogen (secondary N) is 1. The second-order valence-electron chi connectivity index (χ2n) is 6.98. The third-order valence-electron chi connectivity index (χ3n) is 3.76. The van der Waals surface area contributed by atoms with Crippen LogP contribution < -0.4 is 5.32 Å². The van der Waals surface area contributed by atoms with Crippen LogP contribution in [0.5, 0.6) is 0 Å². The van der Waals surface area contributed by atoms with Gasteiger partial charge in [0, 0.05) is 19.7 Å². The topological polar surface area (TPSA) is 67.9 Å². The highest BCUT2D eigenvalue weighted by atomic mass is 16.6. The minimum Gasteiger partial charge on any atom is -0.444 e. The number of ether oxygens (including phenoxy) is 2. The predicted molar refractivity (Wildman–Crippen MR) is 84.6 cm³/mol.